The molecule has 0 aromatic carbocycles. The van der Waals surface area contributed by atoms with Crippen molar-refractivity contribution in [3.8, 4) is 0 Å². The first-order valence-corrected chi connectivity index (χ1v) is 6.02. The summed E-state index contributed by atoms with van der Waals surface area (Å²) in [5.41, 5.74) is 0. The smallest absolute Gasteiger partial charge is 0.335 e. The van der Waals surface area contributed by atoms with Crippen LogP contribution in [0.15, 0.2) is 17.3 Å². The Balaban J connectivity index is 2.19. The molecule has 5 nitrogen and oxygen atoms in total. The highest BCUT2D eigenvalue weighted by Gasteiger charge is 2.20. The lowest BCUT2D eigenvalue weighted by molar-refractivity contribution is 0.0662. The lowest BCUT2D eigenvalue weighted by Gasteiger charge is -2.22. The van der Waals surface area contributed by atoms with E-state index in [2.05, 4.69) is 5.10 Å². The van der Waals surface area contributed by atoms with Gasteiger partial charge in [0.2, 0.25) is 0 Å². The van der Waals surface area contributed by atoms with Crippen molar-refractivity contribution >= 4 is 10.2 Å². The Labute approximate surface area is 87.1 Å². The van der Waals surface area contributed by atoms with Crippen LogP contribution < -0.4 is 0 Å². The van der Waals surface area contributed by atoms with E-state index in [-0.39, 0.29) is 10.9 Å². The fraction of sp³-hybridized carbons (Fsp3) is 0.625. The molecule has 2 rings (SSSR count). The van der Waals surface area contributed by atoms with Gasteiger partial charge in [-0.25, -0.2) is 0 Å². The van der Waals surface area contributed by atoms with Crippen LogP contribution in [-0.4, -0.2) is 31.4 Å². The van der Waals surface area contributed by atoms with Crippen molar-refractivity contribution in [1.29, 1.82) is 0 Å². The SMILES string of the molecule is O=S(=O)(F)c1cnn(C2CCOCC2)c1. The first kappa shape index (κ1) is 10.6. The molecule has 7 heteroatoms. The van der Waals surface area contributed by atoms with Gasteiger partial charge in [-0.2, -0.15) is 13.5 Å². The lowest BCUT2D eigenvalue weighted by atomic mass is 10.1. The highest BCUT2D eigenvalue weighted by Crippen LogP contribution is 2.21. The van der Waals surface area contributed by atoms with E-state index >= 15 is 0 Å². The molecule has 1 fully saturated rings. The van der Waals surface area contributed by atoms with Gasteiger partial charge in [-0.15, -0.1) is 3.89 Å². The van der Waals surface area contributed by atoms with Gasteiger partial charge in [0.15, 0.2) is 0 Å². The number of hydrogen-bond acceptors (Lipinski definition) is 4. The molecule has 2 heterocycles. The van der Waals surface area contributed by atoms with Crippen LogP contribution in [0.4, 0.5) is 3.89 Å². The van der Waals surface area contributed by atoms with Gasteiger partial charge in [0.1, 0.15) is 4.90 Å². The third-order valence-corrected chi connectivity index (χ3v) is 3.20. The van der Waals surface area contributed by atoms with E-state index < -0.39 is 10.2 Å². The normalized spacial score (nSPS) is 19.3. The minimum absolute atomic E-state index is 0.106. The summed E-state index contributed by atoms with van der Waals surface area (Å²) >= 11 is 0. The molecule has 0 aliphatic carbocycles. The third-order valence-electron chi connectivity index (χ3n) is 2.42. The Hall–Kier alpha value is -0.950. The quantitative estimate of drug-likeness (QED) is 0.713. The number of rotatable bonds is 2. The minimum atomic E-state index is -4.64. The standard InChI is InChI=1S/C8H11FN2O3S/c9-15(12,13)8-5-10-11(6-8)7-1-3-14-4-2-7/h5-7H,1-4H2. The summed E-state index contributed by atoms with van der Waals surface area (Å²) in [6, 6.07) is 0.106. The van der Waals surface area contributed by atoms with Gasteiger partial charge in [-0.05, 0) is 12.8 Å². The molecule has 15 heavy (non-hydrogen) atoms. The molecule has 84 valence electrons. The number of halogens is 1. The molecule has 0 amide bonds. The second-order valence-corrected chi connectivity index (χ2v) is 4.78. The zero-order valence-corrected chi connectivity index (χ0v) is 8.78. The fourth-order valence-corrected chi connectivity index (χ4v) is 2.00. The van der Waals surface area contributed by atoms with Crippen molar-refractivity contribution in [2.24, 2.45) is 0 Å². The third kappa shape index (κ3) is 2.35. The highest BCUT2D eigenvalue weighted by atomic mass is 32.3. The Morgan fingerprint density at radius 3 is 2.67 bits per heavy atom. The monoisotopic (exact) mass is 234 g/mol. The van der Waals surface area contributed by atoms with Crippen molar-refractivity contribution in [3.05, 3.63) is 12.4 Å². The van der Waals surface area contributed by atoms with Gasteiger partial charge >= 0.3 is 10.2 Å². The molecule has 0 unspecified atom stereocenters. The van der Waals surface area contributed by atoms with Crippen LogP contribution in [-0.2, 0) is 15.0 Å². The topological polar surface area (TPSA) is 61.2 Å². The van der Waals surface area contributed by atoms with Crippen molar-refractivity contribution in [2.75, 3.05) is 13.2 Å². The van der Waals surface area contributed by atoms with E-state index in [1.165, 1.54) is 10.9 Å². The summed E-state index contributed by atoms with van der Waals surface area (Å²) in [5, 5.41) is 3.85. The Morgan fingerprint density at radius 2 is 2.13 bits per heavy atom. The van der Waals surface area contributed by atoms with Gasteiger partial charge < -0.3 is 4.74 Å². The Morgan fingerprint density at radius 1 is 1.47 bits per heavy atom. The molecule has 0 radical (unpaired) electrons. The highest BCUT2D eigenvalue weighted by molar-refractivity contribution is 7.86. The summed E-state index contributed by atoms with van der Waals surface area (Å²) in [4.78, 5) is -0.381. The van der Waals surface area contributed by atoms with Gasteiger partial charge in [-0.3, -0.25) is 4.68 Å². The van der Waals surface area contributed by atoms with E-state index in [0.29, 0.717) is 13.2 Å². The predicted molar refractivity (Wildman–Crippen MR) is 49.6 cm³/mol. The Bertz CT molecular complexity index is 436. The average Bonchev–Trinajstić information content (AvgIpc) is 2.67. The predicted octanol–water partition coefficient (Wildman–Crippen LogP) is 0.893. The second-order valence-electron chi connectivity index (χ2n) is 3.44. The molecule has 0 atom stereocenters. The van der Waals surface area contributed by atoms with Crippen molar-refractivity contribution in [1.82, 2.24) is 9.78 Å². The van der Waals surface area contributed by atoms with E-state index in [4.69, 9.17) is 4.74 Å². The number of nitrogens with zero attached hydrogens (tertiary/aromatic N) is 2. The molecule has 0 N–H and O–H groups in total. The molecule has 1 aliphatic rings. The van der Waals surface area contributed by atoms with Crippen LogP contribution in [0.5, 0.6) is 0 Å². The summed E-state index contributed by atoms with van der Waals surface area (Å²) in [5.74, 6) is 0. The summed E-state index contributed by atoms with van der Waals surface area (Å²) < 4.78 is 40.4. The molecule has 1 aliphatic heterocycles. The van der Waals surface area contributed by atoms with Crippen LogP contribution in [0, 0.1) is 0 Å². The molecule has 0 bridgehead atoms. The van der Waals surface area contributed by atoms with Gasteiger partial charge in [-0.1, -0.05) is 0 Å². The second kappa shape index (κ2) is 3.90. The summed E-state index contributed by atoms with van der Waals surface area (Å²) in [7, 11) is -4.64. The maximum absolute atomic E-state index is 12.6. The Kier molecular flexibility index (Phi) is 2.74. The molecular weight excluding hydrogens is 223 g/mol. The zero-order valence-electron chi connectivity index (χ0n) is 7.97. The summed E-state index contributed by atoms with van der Waals surface area (Å²) in [6.45, 7) is 1.25. The van der Waals surface area contributed by atoms with E-state index in [0.717, 1.165) is 19.0 Å². The van der Waals surface area contributed by atoms with E-state index in [1.807, 2.05) is 0 Å². The van der Waals surface area contributed by atoms with E-state index in [1.54, 1.807) is 0 Å². The lowest BCUT2D eigenvalue weighted by Crippen LogP contribution is -2.19. The van der Waals surface area contributed by atoms with E-state index in [9.17, 15) is 12.3 Å². The number of aromatic nitrogens is 2. The zero-order chi connectivity index (χ0) is 10.9. The maximum atomic E-state index is 12.6. The van der Waals surface area contributed by atoms with Crippen LogP contribution in [0.25, 0.3) is 0 Å². The van der Waals surface area contributed by atoms with Crippen molar-refractivity contribution < 1.29 is 17.0 Å². The first-order valence-electron chi connectivity index (χ1n) is 4.64. The molecule has 1 saturated heterocycles. The van der Waals surface area contributed by atoms with Crippen LogP contribution in [0.2, 0.25) is 0 Å². The molecular formula is C8H11FN2O3S. The number of ether oxygens (including phenoxy) is 1. The van der Waals surface area contributed by atoms with Crippen LogP contribution >= 0.6 is 0 Å². The van der Waals surface area contributed by atoms with Crippen molar-refractivity contribution in [2.45, 2.75) is 23.8 Å². The fourth-order valence-electron chi connectivity index (χ4n) is 1.60. The minimum Gasteiger partial charge on any atom is -0.381 e. The summed E-state index contributed by atoms with van der Waals surface area (Å²) in [6.07, 6.45) is 3.80. The number of hydrogen-bond donors (Lipinski definition) is 0. The average molecular weight is 234 g/mol. The van der Waals surface area contributed by atoms with Gasteiger partial charge in [0.05, 0.1) is 12.2 Å². The molecule has 1 aromatic rings. The molecule has 0 saturated carbocycles. The van der Waals surface area contributed by atoms with Crippen LogP contribution in [0.1, 0.15) is 18.9 Å². The largest absolute Gasteiger partial charge is 0.381 e. The van der Waals surface area contributed by atoms with Crippen molar-refractivity contribution in [3.63, 3.8) is 0 Å². The molecule has 0 spiro atoms. The molecule has 1 aromatic heterocycles. The van der Waals surface area contributed by atoms with Gasteiger partial charge in [0, 0.05) is 19.4 Å². The first-order chi connectivity index (χ1) is 7.07. The maximum Gasteiger partial charge on any atom is 0.335 e. The van der Waals surface area contributed by atoms with Crippen LogP contribution in [0.3, 0.4) is 0 Å². The van der Waals surface area contributed by atoms with Gasteiger partial charge in [0.25, 0.3) is 0 Å².